The van der Waals surface area contributed by atoms with E-state index < -0.39 is 228 Å². The third-order valence-corrected chi connectivity index (χ3v) is 13.2. The predicted molar refractivity (Wildman–Crippen MR) is 298 cm³/mol. The van der Waals surface area contributed by atoms with Gasteiger partial charge in [-0.2, -0.15) is 0 Å². The molecule has 0 saturated heterocycles. The van der Waals surface area contributed by atoms with Gasteiger partial charge in [0.05, 0.1) is 88.3 Å². The zero-order chi connectivity index (χ0) is 65.2. The minimum atomic E-state index is -1.22. The summed E-state index contributed by atoms with van der Waals surface area (Å²) in [7, 11) is 0. The Morgan fingerprint density at radius 1 is 0.233 bits per heavy atom. The Morgan fingerprint density at radius 3 is 0.544 bits per heavy atom. The SMILES string of the molecule is O=[N+]([O-])c1cc(-c2nc3c(nc2-c2ccc([N+](=O)[O-])c([N+](=O)[O-])c2)c2nc(-c4ccc([N+](=O)[O-])c([N+](=O)[O-])c4)c(-c4ccc([N+](=O)[O-])c([N+](=O)[O-])c4)nc2c2nc(-c4ccc([N+](=O)[O-])c([N+](=O)[O-])c4)c(-c4ccc([N+](=O)[O-])c([N+](=O)[O-])c4)nc32)ccc1N(O)O. The largest absolute Gasteiger partial charge is 0.346 e. The molecular formula is C48H20N18O24. The first kappa shape index (κ1) is 58.9. The normalized spacial score (nSPS) is 11.1. The molecule has 0 unspecified atom stereocenters. The maximum Gasteiger partial charge on any atom is 0.346 e. The van der Waals surface area contributed by atoms with E-state index in [1.54, 1.807) is 0 Å². The Labute approximate surface area is 488 Å². The van der Waals surface area contributed by atoms with Crippen LogP contribution in [0, 0.1) is 111 Å². The zero-order valence-corrected chi connectivity index (χ0v) is 43.3. The number of hydrogen-bond acceptors (Lipinski definition) is 31. The summed E-state index contributed by atoms with van der Waals surface area (Å²) in [4.78, 5) is 151. The molecule has 2 N–H and O–H groups in total. The van der Waals surface area contributed by atoms with Crippen LogP contribution in [0.1, 0.15) is 0 Å². The highest BCUT2D eigenvalue weighted by molar-refractivity contribution is 6.20. The first-order chi connectivity index (χ1) is 42.6. The van der Waals surface area contributed by atoms with Gasteiger partial charge in [-0.15, -0.1) is 5.23 Å². The summed E-state index contributed by atoms with van der Waals surface area (Å²) in [5.74, 6) is 0. The summed E-state index contributed by atoms with van der Waals surface area (Å²) in [6.07, 6.45) is 0. The van der Waals surface area contributed by atoms with Gasteiger partial charge < -0.3 is 0 Å². The Hall–Kier alpha value is -14.3. The molecule has 0 saturated carbocycles. The molecule has 0 aliphatic rings. The van der Waals surface area contributed by atoms with Crippen LogP contribution in [-0.4, -0.2) is 94.5 Å². The first-order valence-electron chi connectivity index (χ1n) is 24.0. The molecule has 0 bridgehead atoms. The van der Waals surface area contributed by atoms with Crippen LogP contribution >= 0.6 is 0 Å². The summed E-state index contributed by atoms with van der Waals surface area (Å²) in [6, 6.07) is 12.9. The zero-order valence-electron chi connectivity index (χ0n) is 43.3. The van der Waals surface area contributed by atoms with Gasteiger partial charge in [-0.25, -0.2) is 29.9 Å². The average Bonchev–Trinajstić information content (AvgIpc) is 0.793. The van der Waals surface area contributed by atoms with E-state index in [9.17, 15) is 122 Å². The molecule has 446 valence electrons. The molecule has 3 heterocycles. The maximum atomic E-state index is 12.5. The lowest BCUT2D eigenvalue weighted by molar-refractivity contribution is -0.422. The Morgan fingerprint density at radius 2 is 0.389 bits per heavy atom. The third-order valence-electron chi connectivity index (χ3n) is 13.2. The van der Waals surface area contributed by atoms with Crippen molar-refractivity contribution >= 4 is 101 Å². The summed E-state index contributed by atoms with van der Waals surface area (Å²) in [5, 5.41) is 155. The van der Waals surface area contributed by atoms with E-state index in [0.29, 0.717) is 66.7 Å². The van der Waals surface area contributed by atoms with Crippen LogP contribution in [0.25, 0.3) is 101 Å². The lowest BCUT2D eigenvalue weighted by atomic mass is 9.99. The van der Waals surface area contributed by atoms with Crippen molar-refractivity contribution in [3.05, 3.63) is 220 Å². The number of hydrogen-bond donors (Lipinski definition) is 2. The molecule has 0 aliphatic carbocycles. The molecule has 3 aromatic heterocycles. The van der Waals surface area contributed by atoms with Crippen LogP contribution in [0.3, 0.4) is 0 Å². The molecule has 0 amide bonds. The average molecular weight is 1230 g/mol. The monoisotopic (exact) mass is 1230 g/mol. The fraction of sp³-hybridized carbons (Fsp3) is 0. The van der Waals surface area contributed by atoms with Gasteiger partial charge in [-0.1, -0.05) is 0 Å². The molecule has 10 aromatic rings. The number of fused-ring (bicyclic) bond motifs is 6. The Bertz CT molecular complexity index is 4940. The van der Waals surface area contributed by atoms with Gasteiger partial charge in [0.1, 0.15) is 33.1 Å². The third kappa shape index (κ3) is 10.2. The van der Waals surface area contributed by atoms with E-state index >= 15 is 0 Å². The van der Waals surface area contributed by atoms with Crippen LogP contribution in [0.5, 0.6) is 0 Å². The van der Waals surface area contributed by atoms with Crippen LogP contribution in [-0.2, 0) is 0 Å². The molecule has 0 fully saturated rings. The number of anilines is 1. The number of nitrogens with zero attached hydrogens (tertiary/aromatic N) is 18. The van der Waals surface area contributed by atoms with Gasteiger partial charge in [0.15, 0.2) is 5.69 Å². The van der Waals surface area contributed by atoms with Crippen LogP contribution in [0.15, 0.2) is 109 Å². The second-order valence-corrected chi connectivity index (χ2v) is 18.2. The van der Waals surface area contributed by atoms with E-state index in [0.717, 1.165) is 42.5 Å². The standard InChI is InChI=1S/C48H20N18O24/c67-55(68)25-7-1-19(13-31(25)61(79)80)37-38(20-2-8-26(56(69)70)32(14-20)62(81)82)50-44-43(49-37)45-47(53-40(22-4-10-28(58(73)74)34(16-22)64(85)86)39(51-45)21-3-9-27(57(71)72)33(15-21)63(83)84)48-46(44)52-41(23-5-11-29(59(75)76)35(17-23)65(87)88)42(54-48)24-6-12-30(60(77)78)36(18-24)66(89)90/h1-18,67-68H. The van der Waals surface area contributed by atoms with Crippen molar-refractivity contribution in [3.63, 3.8) is 0 Å². The molecule has 0 radical (unpaired) electrons. The number of rotatable bonds is 18. The molecule has 42 nitrogen and oxygen atoms in total. The predicted octanol–water partition coefficient (Wildman–Crippen LogP) is 10.1. The molecule has 0 spiro atoms. The van der Waals surface area contributed by atoms with Gasteiger partial charge >= 0.3 is 56.9 Å². The van der Waals surface area contributed by atoms with Crippen molar-refractivity contribution in [1.29, 1.82) is 0 Å². The van der Waals surface area contributed by atoms with E-state index in [4.69, 9.17) is 29.9 Å². The van der Waals surface area contributed by atoms with Gasteiger partial charge in [-0.3, -0.25) is 122 Å². The van der Waals surface area contributed by atoms with Gasteiger partial charge in [-0.05, 0) is 42.5 Å². The van der Waals surface area contributed by atoms with E-state index in [1.807, 2.05) is 0 Å². The van der Waals surface area contributed by atoms with Crippen molar-refractivity contribution in [2.45, 2.75) is 0 Å². The van der Waals surface area contributed by atoms with Gasteiger partial charge in [0.25, 0.3) is 5.69 Å². The smallest absolute Gasteiger partial charge is 0.264 e. The van der Waals surface area contributed by atoms with Crippen molar-refractivity contribution in [2.75, 3.05) is 5.23 Å². The van der Waals surface area contributed by atoms with Crippen molar-refractivity contribution in [3.8, 4) is 67.5 Å². The van der Waals surface area contributed by atoms with Crippen LogP contribution < -0.4 is 5.23 Å². The molecule has 0 aliphatic heterocycles. The molecule has 7 aromatic carbocycles. The Balaban J connectivity index is 1.51. The number of aromatic nitrogens is 6. The summed E-state index contributed by atoms with van der Waals surface area (Å²) in [5.41, 5.74) is -24.6. The minimum absolute atomic E-state index is 0.458. The highest BCUT2D eigenvalue weighted by Crippen LogP contribution is 2.46. The van der Waals surface area contributed by atoms with Crippen LogP contribution in [0.4, 0.5) is 68.2 Å². The number of benzene rings is 7. The highest BCUT2D eigenvalue weighted by Gasteiger charge is 2.35. The fourth-order valence-corrected chi connectivity index (χ4v) is 9.35. The molecule has 90 heavy (non-hydrogen) atoms. The molecule has 0 atom stereocenters. The lowest BCUT2D eigenvalue weighted by Crippen LogP contribution is -2.13. The molecule has 42 heteroatoms. The highest BCUT2D eigenvalue weighted by atomic mass is 16.8. The second-order valence-electron chi connectivity index (χ2n) is 18.2. The first-order valence-corrected chi connectivity index (χ1v) is 24.0. The van der Waals surface area contributed by atoms with Gasteiger partial charge in [0, 0.05) is 100 Å². The van der Waals surface area contributed by atoms with Crippen molar-refractivity contribution in [2.24, 2.45) is 0 Å². The molecular weight excluding hydrogens is 1210 g/mol. The van der Waals surface area contributed by atoms with Crippen molar-refractivity contribution < 1.29 is 64.6 Å². The van der Waals surface area contributed by atoms with E-state index in [1.165, 1.54) is 0 Å². The lowest BCUT2D eigenvalue weighted by Gasteiger charge is -2.17. The van der Waals surface area contributed by atoms with E-state index in [-0.39, 0.29) is 0 Å². The fourth-order valence-electron chi connectivity index (χ4n) is 9.35. The van der Waals surface area contributed by atoms with E-state index in [2.05, 4.69) is 0 Å². The van der Waals surface area contributed by atoms with Crippen molar-refractivity contribution in [1.82, 2.24) is 29.9 Å². The molecule has 10 rings (SSSR count). The summed E-state index contributed by atoms with van der Waals surface area (Å²) < 4.78 is 0. The quantitative estimate of drug-likeness (QED) is 0.0458. The summed E-state index contributed by atoms with van der Waals surface area (Å²) >= 11 is 0. The van der Waals surface area contributed by atoms with Crippen LogP contribution in [0.2, 0.25) is 0 Å². The summed E-state index contributed by atoms with van der Waals surface area (Å²) in [6.45, 7) is 0. The number of nitro groups is 11. The topological polar surface area (TPSA) is 596 Å². The second kappa shape index (κ2) is 22.0. The number of nitro benzene ring substituents is 11. The van der Waals surface area contributed by atoms with Gasteiger partial charge in [0.2, 0.25) is 0 Å². The minimum Gasteiger partial charge on any atom is -0.264 e. The Kier molecular flexibility index (Phi) is 14.4. The maximum absolute atomic E-state index is 12.5.